The molecule has 3 fully saturated rings. The van der Waals surface area contributed by atoms with Gasteiger partial charge in [-0.3, -0.25) is 9.79 Å². The molecule has 8 nitrogen and oxygen atoms in total. The lowest BCUT2D eigenvalue weighted by atomic mass is 9.66. The van der Waals surface area contributed by atoms with Gasteiger partial charge in [0.15, 0.2) is 5.96 Å². The molecule has 4 rings (SSSR count). The zero-order valence-corrected chi connectivity index (χ0v) is 20.0. The summed E-state index contributed by atoms with van der Waals surface area (Å²) in [5.41, 5.74) is 0. The Morgan fingerprint density at radius 1 is 1.12 bits per heavy atom. The molecule has 1 saturated carbocycles. The lowest BCUT2D eigenvalue weighted by Crippen LogP contribution is -2.50. The maximum absolute atomic E-state index is 13.3. The Kier molecular flexibility index (Phi) is 8.66. The Labute approximate surface area is 193 Å². The normalized spacial score (nSPS) is 37.9. The topological polar surface area (TPSA) is 98.8 Å². The quantitative estimate of drug-likeness (QED) is 0.393. The van der Waals surface area contributed by atoms with Gasteiger partial charge < -0.3 is 31.3 Å². The van der Waals surface area contributed by atoms with Gasteiger partial charge in [-0.05, 0) is 81.8 Å². The zero-order chi connectivity index (χ0) is 22.3. The maximum atomic E-state index is 13.3. The number of amides is 1. The van der Waals surface area contributed by atoms with Crippen molar-refractivity contribution >= 4 is 11.9 Å². The van der Waals surface area contributed by atoms with Crippen LogP contribution >= 0.6 is 0 Å². The fourth-order valence-electron chi connectivity index (χ4n) is 6.32. The summed E-state index contributed by atoms with van der Waals surface area (Å²) in [6.07, 6.45) is 6.77. The van der Waals surface area contributed by atoms with Gasteiger partial charge in [-0.15, -0.1) is 0 Å². The first-order valence-corrected chi connectivity index (χ1v) is 12.9. The van der Waals surface area contributed by atoms with Crippen molar-refractivity contribution in [2.45, 2.75) is 57.6 Å². The predicted octanol–water partition coefficient (Wildman–Crippen LogP) is 0.697. The molecule has 5 N–H and O–H groups in total. The number of aliphatic imine (C=N–C) groups is 1. The summed E-state index contributed by atoms with van der Waals surface area (Å²) in [5.74, 6) is 3.80. The number of piperidine rings is 2. The van der Waals surface area contributed by atoms with Gasteiger partial charge in [0.25, 0.3) is 0 Å². The third-order valence-corrected chi connectivity index (χ3v) is 8.24. The van der Waals surface area contributed by atoms with Crippen LogP contribution in [0.25, 0.3) is 0 Å². The standard InChI is InChI=1S/C24H44N6O2/c1-16-3-5-25-15-22(16)18-9-17(13-30-24-27-7-8-28-24)10-19(11-18)23(31)29-14-20-12-21(32-2)4-6-26-20/h16-22,25-26H,3-15H2,1-2H3,(H,29,31)(H2,27,28,30). The van der Waals surface area contributed by atoms with E-state index in [4.69, 9.17) is 4.74 Å². The van der Waals surface area contributed by atoms with Crippen LogP contribution in [-0.4, -0.2) is 76.9 Å². The highest BCUT2D eigenvalue weighted by Gasteiger charge is 2.39. The first-order valence-electron chi connectivity index (χ1n) is 12.9. The van der Waals surface area contributed by atoms with E-state index in [1.807, 2.05) is 0 Å². The van der Waals surface area contributed by atoms with E-state index < -0.39 is 0 Å². The summed E-state index contributed by atoms with van der Waals surface area (Å²) in [6.45, 7) is 8.96. The fraction of sp³-hybridized carbons (Fsp3) is 0.917. The number of nitrogens with zero attached hydrogens (tertiary/aromatic N) is 1. The van der Waals surface area contributed by atoms with Gasteiger partial charge in [-0.25, -0.2) is 0 Å². The summed E-state index contributed by atoms with van der Waals surface area (Å²) < 4.78 is 5.54. The van der Waals surface area contributed by atoms with Gasteiger partial charge >= 0.3 is 0 Å². The molecular weight excluding hydrogens is 404 g/mol. The van der Waals surface area contributed by atoms with E-state index in [1.54, 1.807) is 7.11 Å². The number of rotatable bonds is 7. The first kappa shape index (κ1) is 23.8. The second-order valence-corrected chi connectivity index (χ2v) is 10.5. The molecule has 7 atom stereocenters. The highest BCUT2D eigenvalue weighted by molar-refractivity contribution is 5.81. The van der Waals surface area contributed by atoms with Gasteiger partial charge in [-0.2, -0.15) is 0 Å². The smallest absolute Gasteiger partial charge is 0.223 e. The van der Waals surface area contributed by atoms with E-state index in [9.17, 15) is 4.79 Å². The molecule has 3 aliphatic heterocycles. The van der Waals surface area contributed by atoms with Gasteiger partial charge in [0.1, 0.15) is 0 Å². The van der Waals surface area contributed by atoms with E-state index in [2.05, 4.69) is 38.5 Å². The lowest BCUT2D eigenvalue weighted by Gasteiger charge is -2.42. The number of ether oxygens (including phenoxy) is 1. The second kappa shape index (κ2) is 11.7. The van der Waals surface area contributed by atoms with Crippen molar-refractivity contribution in [2.24, 2.45) is 34.6 Å². The van der Waals surface area contributed by atoms with Crippen LogP contribution in [-0.2, 0) is 9.53 Å². The van der Waals surface area contributed by atoms with Crippen molar-refractivity contribution in [3.05, 3.63) is 0 Å². The molecule has 0 aromatic heterocycles. The average molecular weight is 449 g/mol. The van der Waals surface area contributed by atoms with Crippen molar-refractivity contribution in [3.8, 4) is 0 Å². The van der Waals surface area contributed by atoms with Gasteiger partial charge in [0.05, 0.1) is 12.6 Å². The molecule has 2 saturated heterocycles. The molecule has 1 amide bonds. The number of carbonyl (C=O) groups excluding carboxylic acids is 1. The lowest BCUT2D eigenvalue weighted by molar-refractivity contribution is -0.127. The third-order valence-electron chi connectivity index (χ3n) is 8.24. The monoisotopic (exact) mass is 448 g/mol. The highest BCUT2D eigenvalue weighted by Crippen LogP contribution is 2.41. The summed E-state index contributed by atoms with van der Waals surface area (Å²) >= 11 is 0. The molecule has 4 aliphatic rings. The molecule has 182 valence electrons. The van der Waals surface area contributed by atoms with Crippen LogP contribution < -0.4 is 26.6 Å². The molecule has 0 radical (unpaired) electrons. The van der Waals surface area contributed by atoms with Crippen molar-refractivity contribution in [3.63, 3.8) is 0 Å². The molecule has 1 aliphatic carbocycles. The number of hydrogen-bond acceptors (Lipinski definition) is 7. The zero-order valence-electron chi connectivity index (χ0n) is 20.0. The molecule has 0 aromatic carbocycles. The van der Waals surface area contributed by atoms with E-state index in [0.29, 0.717) is 36.4 Å². The highest BCUT2D eigenvalue weighted by atomic mass is 16.5. The largest absolute Gasteiger partial charge is 0.381 e. The Hall–Kier alpha value is -1.38. The van der Waals surface area contributed by atoms with Gasteiger partial charge in [-0.1, -0.05) is 6.92 Å². The molecule has 0 bridgehead atoms. The minimum atomic E-state index is 0.106. The molecule has 0 spiro atoms. The summed E-state index contributed by atoms with van der Waals surface area (Å²) in [5, 5.41) is 17.3. The minimum Gasteiger partial charge on any atom is -0.381 e. The SMILES string of the molecule is COC1CCNC(CNC(=O)C2CC(CNC3=NCCN3)CC(C3CNCCC3C)C2)C1. The number of carbonyl (C=O) groups is 1. The van der Waals surface area contributed by atoms with Crippen LogP contribution in [0.3, 0.4) is 0 Å². The van der Waals surface area contributed by atoms with Crippen molar-refractivity contribution < 1.29 is 9.53 Å². The third kappa shape index (κ3) is 6.35. The molecule has 0 aromatic rings. The Balaban J connectivity index is 1.34. The number of methoxy groups -OCH3 is 1. The second-order valence-electron chi connectivity index (χ2n) is 10.5. The Bertz CT molecular complexity index is 644. The van der Waals surface area contributed by atoms with Crippen LogP contribution in [0.1, 0.15) is 45.4 Å². The van der Waals surface area contributed by atoms with Crippen LogP contribution in [0.2, 0.25) is 0 Å². The number of guanidine groups is 1. The number of hydrogen-bond donors (Lipinski definition) is 5. The molecule has 7 unspecified atom stereocenters. The summed E-state index contributed by atoms with van der Waals surface area (Å²) in [7, 11) is 1.79. The summed E-state index contributed by atoms with van der Waals surface area (Å²) in [6, 6.07) is 0.309. The van der Waals surface area contributed by atoms with Crippen LogP contribution in [0.15, 0.2) is 4.99 Å². The van der Waals surface area contributed by atoms with Crippen LogP contribution in [0.5, 0.6) is 0 Å². The first-order chi connectivity index (χ1) is 15.6. The fourth-order valence-corrected chi connectivity index (χ4v) is 6.32. The van der Waals surface area contributed by atoms with Crippen LogP contribution in [0, 0.1) is 29.6 Å². The Morgan fingerprint density at radius 3 is 2.81 bits per heavy atom. The van der Waals surface area contributed by atoms with E-state index in [0.717, 1.165) is 76.8 Å². The van der Waals surface area contributed by atoms with Gasteiger partial charge in [0.2, 0.25) is 5.91 Å². The van der Waals surface area contributed by atoms with Crippen molar-refractivity contribution in [1.29, 1.82) is 0 Å². The molecule has 8 heteroatoms. The maximum Gasteiger partial charge on any atom is 0.223 e. The van der Waals surface area contributed by atoms with Crippen molar-refractivity contribution in [2.75, 3.05) is 52.9 Å². The number of nitrogens with one attached hydrogen (secondary N) is 5. The average Bonchev–Trinajstić information content (AvgIpc) is 3.35. The summed E-state index contributed by atoms with van der Waals surface area (Å²) in [4.78, 5) is 17.7. The van der Waals surface area contributed by atoms with Crippen LogP contribution in [0.4, 0.5) is 0 Å². The van der Waals surface area contributed by atoms with E-state index >= 15 is 0 Å². The van der Waals surface area contributed by atoms with Gasteiger partial charge in [0, 0.05) is 38.7 Å². The van der Waals surface area contributed by atoms with E-state index in [-0.39, 0.29) is 11.8 Å². The minimum absolute atomic E-state index is 0.106. The predicted molar refractivity (Wildman–Crippen MR) is 128 cm³/mol. The van der Waals surface area contributed by atoms with Crippen molar-refractivity contribution in [1.82, 2.24) is 26.6 Å². The molecule has 3 heterocycles. The molecular formula is C24H44N6O2. The Morgan fingerprint density at radius 2 is 2.03 bits per heavy atom. The molecule has 32 heavy (non-hydrogen) atoms. The van der Waals surface area contributed by atoms with E-state index in [1.165, 1.54) is 12.8 Å².